The maximum Gasteiger partial charge on any atom is 0.407 e. The molecule has 1 aromatic heterocycles. The van der Waals surface area contributed by atoms with Crippen LogP contribution in [0, 0.1) is 0 Å². The highest BCUT2D eigenvalue weighted by Gasteiger charge is 1.99. The van der Waals surface area contributed by atoms with Crippen molar-refractivity contribution >= 4 is 17.6 Å². The molecule has 1 amide bonds. The van der Waals surface area contributed by atoms with E-state index in [2.05, 4.69) is 19.6 Å². The van der Waals surface area contributed by atoms with Crippen LogP contribution in [0.2, 0.25) is 0 Å². The zero-order valence-corrected chi connectivity index (χ0v) is 6.72. The molecule has 0 radical (unpaired) electrons. The molecule has 60 valence electrons. The summed E-state index contributed by atoms with van der Waals surface area (Å²) in [4.78, 5) is 10.5. The Labute approximate surface area is 67.5 Å². The maximum absolute atomic E-state index is 10.5. The van der Waals surface area contributed by atoms with Gasteiger partial charge in [0.15, 0.2) is 0 Å². The topological polar surface area (TPSA) is 64.1 Å². The number of ether oxygens (including phenoxy) is 1. The lowest BCUT2D eigenvalue weighted by atomic mass is 10.5. The van der Waals surface area contributed by atoms with E-state index in [4.69, 9.17) is 0 Å². The highest BCUT2D eigenvalue weighted by molar-refractivity contribution is 7.03. The number of methoxy groups -OCH3 is 1. The van der Waals surface area contributed by atoms with Gasteiger partial charge in [0.25, 0.3) is 0 Å². The van der Waals surface area contributed by atoms with Crippen LogP contribution in [0.3, 0.4) is 0 Å². The minimum Gasteiger partial charge on any atom is -0.453 e. The van der Waals surface area contributed by atoms with Gasteiger partial charge in [-0.25, -0.2) is 4.79 Å². The molecule has 1 heterocycles. The number of amides is 1. The molecule has 0 aliphatic carbocycles. The second kappa shape index (κ2) is 3.87. The molecule has 0 fully saturated rings. The van der Waals surface area contributed by atoms with E-state index >= 15 is 0 Å². The van der Waals surface area contributed by atoms with Crippen LogP contribution >= 0.6 is 11.5 Å². The van der Waals surface area contributed by atoms with E-state index in [0.717, 1.165) is 5.69 Å². The number of nitrogens with zero attached hydrogens (tertiary/aromatic N) is 2. The fourth-order valence-corrected chi connectivity index (χ4v) is 0.947. The Morgan fingerprint density at radius 1 is 1.91 bits per heavy atom. The number of aromatic nitrogens is 2. The Balaban J connectivity index is 2.29. The average molecular weight is 173 g/mol. The maximum atomic E-state index is 10.5. The summed E-state index contributed by atoms with van der Waals surface area (Å²) in [5, 5.41) is 7.96. The van der Waals surface area contributed by atoms with E-state index in [0.29, 0.717) is 6.54 Å². The van der Waals surface area contributed by atoms with Crippen molar-refractivity contribution in [3.8, 4) is 0 Å². The highest BCUT2D eigenvalue weighted by atomic mass is 32.1. The van der Waals surface area contributed by atoms with Crippen LogP contribution in [0.25, 0.3) is 0 Å². The lowest BCUT2D eigenvalue weighted by Gasteiger charge is -1.98. The summed E-state index contributed by atoms with van der Waals surface area (Å²) in [6.45, 7) is 0.364. The second-order valence-electron chi connectivity index (χ2n) is 1.74. The van der Waals surface area contributed by atoms with Crippen LogP contribution in [0.15, 0.2) is 5.38 Å². The van der Waals surface area contributed by atoms with Gasteiger partial charge in [0.2, 0.25) is 0 Å². The van der Waals surface area contributed by atoms with Gasteiger partial charge >= 0.3 is 6.09 Å². The van der Waals surface area contributed by atoms with Gasteiger partial charge in [0.1, 0.15) is 0 Å². The van der Waals surface area contributed by atoms with Crippen molar-refractivity contribution in [2.45, 2.75) is 6.54 Å². The van der Waals surface area contributed by atoms with E-state index in [1.165, 1.54) is 18.6 Å². The SMILES string of the molecule is COC(=O)NCc1csnn1. The zero-order valence-electron chi connectivity index (χ0n) is 5.90. The van der Waals surface area contributed by atoms with Gasteiger partial charge in [-0.2, -0.15) is 0 Å². The number of rotatable bonds is 2. The number of nitrogens with one attached hydrogen (secondary N) is 1. The van der Waals surface area contributed by atoms with Gasteiger partial charge in [-0.1, -0.05) is 4.49 Å². The third-order valence-electron chi connectivity index (χ3n) is 1.00. The number of carbonyl (C=O) groups excluding carboxylic acids is 1. The van der Waals surface area contributed by atoms with Gasteiger partial charge in [-0.15, -0.1) is 5.10 Å². The number of hydrogen-bond acceptors (Lipinski definition) is 5. The standard InChI is InChI=1S/C5H7N3O2S/c1-10-5(9)6-2-4-3-11-8-7-4/h3H,2H2,1H3,(H,6,9). The monoisotopic (exact) mass is 173 g/mol. The van der Waals surface area contributed by atoms with Crippen LogP contribution in [0.5, 0.6) is 0 Å². The molecule has 5 nitrogen and oxygen atoms in total. The van der Waals surface area contributed by atoms with Crippen LogP contribution < -0.4 is 5.32 Å². The summed E-state index contributed by atoms with van der Waals surface area (Å²) >= 11 is 1.25. The molecule has 1 rings (SSSR count). The van der Waals surface area contributed by atoms with E-state index in [1.807, 2.05) is 0 Å². The van der Waals surface area contributed by atoms with Crippen LogP contribution in [0.4, 0.5) is 4.79 Å². The Bertz CT molecular complexity index is 224. The van der Waals surface area contributed by atoms with Crippen LogP contribution in [-0.2, 0) is 11.3 Å². The van der Waals surface area contributed by atoms with Crippen LogP contribution in [-0.4, -0.2) is 22.8 Å². The first-order valence-electron chi connectivity index (χ1n) is 2.90. The van der Waals surface area contributed by atoms with Gasteiger partial charge in [0, 0.05) is 5.38 Å². The molecular formula is C5H7N3O2S. The quantitative estimate of drug-likeness (QED) is 0.702. The largest absolute Gasteiger partial charge is 0.453 e. The molecule has 6 heteroatoms. The summed E-state index contributed by atoms with van der Waals surface area (Å²) in [7, 11) is 1.31. The normalized spacial score (nSPS) is 9.18. The average Bonchev–Trinajstić information content (AvgIpc) is 2.52. The Kier molecular flexibility index (Phi) is 2.79. The van der Waals surface area contributed by atoms with E-state index in [-0.39, 0.29) is 0 Å². The third kappa shape index (κ3) is 2.50. The van der Waals surface area contributed by atoms with Crippen molar-refractivity contribution < 1.29 is 9.53 Å². The first-order chi connectivity index (χ1) is 5.33. The molecule has 11 heavy (non-hydrogen) atoms. The minimum atomic E-state index is -0.460. The predicted octanol–water partition coefficient (Wildman–Crippen LogP) is 0.394. The lowest BCUT2D eigenvalue weighted by Crippen LogP contribution is -2.22. The van der Waals surface area contributed by atoms with Gasteiger partial charge < -0.3 is 10.1 Å². The number of hydrogen-bond donors (Lipinski definition) is 1. The minimum absolute atomic E-state index is 0.364. The summed E-state index contributed by atoms with van der Waals surface area (Å²) in [5.74, 6) is 0. The molecule has 1 N–H and O–H groups in total. The van der Waals surface area contributed by atoms with Crippen molar-refractivity contribution in [3.05, 3.63) is 11.1 Å². The molecule has 0 atom stereocenters. The van der Waals surface area contributed by atoms with Crippen molar-refractivity contribution in [2.75, 3.05) is 7.11 Å². The fourth-order valence-electron chi connectivity index (χ4n) is 0.496. The van der Waals surface area contributed by atoms with Gasteiger partial charge in [0.05, 0.1) is 19.3 Å². The van der Waals surface area contributed by atoms with Crippen molar-refractivity contribution in [1.82, 2.24) is 14.9 Å². The van der Waals surface area contributed by atoms with Gasteiger partial charge in [-0.05, 0) is 11.5 Å². The molecule has 1 aromatic rings. The summed E-state index contributed by atoms with van der Waals surface area (Å²) in [6, 6.07) is 0. The van der Waals surface area contributed by atoms with Crippen molar-refractivity contribution in [1.29, 1.82) is 0 Å². The molecule has 0 bridgehead atoms. The molecule has 0 saturated heterocycles. The fraction of sp³-hybridized carbons (Fsp3) is 0.400. The van der Waals surface area contributed by atoms with Crippen molar-refractivity contribution in [2.24, 2.45) is 0 Å². The highest BCUT2D eigenvalue weighted by Crippen LogP contribution is 1.95. The molecule has 0 aliphatic heterocycles. The zero-order chi connectivity index (χ0) is 8.10. The molecule has 0 saturated carbocycles. The Hall–Kier alpha value is -1.17. The molecule has 0 spiro atoms. The molecular weight excluding hydrogens is 166 g/mol. The smallest absolute Gasteiger partial charge is 0.407 e. The predicted molar refractivity (Wildman–Crippen MR) is 39.2 cm³/mol. The Morgan fingerprint density at radius 3 is 3.27 bits per heavy atom. The number of carbonyl (C=O) groups is 1. The molecule has 0 aliphatic rings. The lowest BCUT2D eigenvalue weighted by molar-refractivity contribution is 0.170. The first kappa shape index (κ1) is 7.93. The summed E-state index contributed by atoms with van der Waals surface area (Å²) in [5.41, 5.74) is 0.736. The van der Waals surface area contributed by atoms with Crippen molar-refractivity contribution in [3.63, 3.8) is 0 Å². The second-order valence-corrected chi connectivity index (χ2v) is 2.35. The summed E-state index contributed by atoms with van der Waals surface area (Å²) in [6.07, 6.45) is -0.460. The van der Waals surface area contributed by atoms with E-state index in [1.54, 1.807) is 5.38 Å². The van der Waals surface area contributed by atoms with Gasteiger partial charge in [-0.3, -0.25) is 0 Å². The van der Waals surface area contributed by atoms with E-state index < -0.39 is 6.09 Å². The van der Waals surface area contributed by atoms with Crippen LogP contribution in [0.1, 0.15) is 5.69 Å². The third-order valence-corrected chi connectivity index (χ3v) is 1.56. The van der Waals surface area contributed by atoms with E-state index in [9.17, 15) is 4.79 Å². The molecule has 0 unspecified atom stereocenters. The Morgan fingerprint density at radius 2 is 2.73 bits per heavy atom. The summed E-state index contributed by atoms with van der Waals surface area (Å²) < 4.78 is 7.98. The number of alkyl carbamates (subject to hydrolysis) is 1. The molecule has 0 aromatic carbocycles. The first-order valence-corrected chi connectivity index (χ1v) is 3.74.